The summed E-state index contributed by atoms with van der Waals surface area (Å²) in [6, 6.07) is 20.9. The van der Waals surface area contributed by atoms with E-state index in [9.17, 15) is 5.11 Å². The number of rotatable bonds is 9. The standard InChI is InChI=1S/C28H35NO3/c1-21-13-15-29(16-14-21)17-18-31-25-10-7-23(8-11-25)19-27-26-6-4-3-5-24(26)9-12-28(27)32-20-22(2)30/h3-12,21-22,30H,13-20H2,1-2H3. The monoisotopic (exact) mass is 433 g/mol. The molecule has 0 radical (unpaired) electrons. The number of fused-ring (bicyclic) bond motifs is 1. The number of hydrogen-bond acceptors (Lipinski definition) is 4. The van der Waals surface area contributed by atoms with Gasteiger partial charge in [0.1, 0.15) is 24.7 Å². The molecule has 1 saturated heterocycles. The molecule has 1 unspecified atom stereocenters. The SMILES string of the molecule is CC(O)COc1ccc2ccccc2c1Cc1ccc(OCCN2CCC(C)CC2)cc1. The number of ether oxygens (including phenoxy) is 2. The first-order valence-corrected chi connectivity index (χ1v) is 11.8. The molecule has 32 heavy (non-hydrogen) atoms. The number of likely N-dealkylation sites (tertiary alicyclic amines) is 1. The summed E-state index contributed by atoms with van der Waals surface area (Å²) in [5.41, 5.74) is 2.36. The minimum atomic E-state index is -0.501. The molecule has 0 amide bonds. The molecule has 0 aromatic heterocycles. The molecule has 4 heteroatoms. The summed E-state index contributed by atoms with van der Waals surface area (Å²) >= 11 is 0. The van der Waals surface area contributed by atoms with Gasteiger partial charge in [0, 0.05) is 18.5 Å². The minimum absolute atomic E-state index is 0.286. The van der Waals surface area contributed by atoms with Gasteiger partial charge < -0.3 is 14.6 Å². The normalized spacial score (nSPS) is 16.2. The fourth-order valence-corrected chi connectivity index (χ4v) is 4.33. The van der Waals surface area contributed by atoms with Crippen LogP contribution in [0.5, 0.6) is 11.5 Å². The van der Waals surface area contributed by atoms with Crippen LogP contribution < -0.4 is 9.47 Å². The van der Waals surface area contributed by atoms with E-state index in [2.05, 4.69) is 66.4 Å². The molecule has 3 aromatic rings. The maximum Gasteiger partial charge on any atom is 0.123 e. The molecule has 1 atom stereocenters. The van der Waals surface area contributed by atoms with Crippen LogP contribution in [0.3, 0.4) is 0 Å². The number of nitrogens with zero attached hydrogens (tertiary/aromatic N) is 1. The van der Waals surface area contributed by atoms with Gasteiger partial charge in [-0.25, -0.2) is 0 Å². The Hall–Kier alpha value is -2.56. The van der Waals surface area contributed by atoms with Gasteiger partial charge in [0.2, 0.25) is 0 Å². The van der Waals surface area contributed by atoms with E-state index in [0.717, 1.165) is 42.6 Å². The summed E-state index contributed by atoms with van der Waals surface area (Å²) in [6.45, 7) is 8.47. The smallest absolute Gasteiger partial charge is 0.123 e. The van der Waals surface area contributed by atoms with Crippen molar-refractivity contribution in [3.8, 4) is 11.5 Å². The number of hydrogen-bond donors (Lipinski definition) is 1. The van der Waals surface area contributed by atoms with Crippen molar-refractivity contribution in [2.45, 2.75) is 39.2 Å². The molecule has 4 rings (SSSR count). The Balaban J connectivity index is 1.41. The summed E-state index contributed by atoms with van der Waals surface area (Å²) in [4.78, 5) is 2.50. The molecule has 1 aliphatic heterocycles. The third-order valence-electron chi connectivity index (χ3n) is 6.33. The quantitative estimate of drug-likeness (QED) is 0.497. The molecular weight excluding hydrogens is 398 g/mol. The van der Waals surface area contributed by atoms with Crippen molar-refractivity contribution in [2.24, 2.45) is 5.92 Å². The van der Waals surface area contributed by atoms with Crippen molar-refractivity contribution in [2.75, 3.05) is 32.8 Å². The van der Waals surface area contributed by atoms with E-state index in [1.165, 1.54) is 42.3 Å². The van der Waals surface area contributed by atoms with Crippen LogP contribution >= 0.6 is 0 Å². The van der Waals surface area contributed by atoms with E-state index in [1.54, 1.807) is 6.92 Å². The molecule has 1 aliphatic rings. The first-order chi connectivity index (χ1) is 15.6. The van der Waals surface area contributed by atoms with Crippen molar-refractivity contribution >= 4 is 10.8 Å². The lowest BCUT2D eigenvalue weighted by atomic mass is 9.97. The van der Waals surface area contributed by atoms with Crippen molar-refractivity contribution in [1.29, 1.82) is 0 Å². The van der Waals surface area contributed by atoms with E-state index in [4.69, 9.17) is 9.47 Å². The average molecular weight is 434 g/mol. The summed E-state index contributed by atoms with van der Waals surface area (Å²) in [6.07, 6.45) is 2.86. The predicted molar refractivity (Wildman–Crippen MR) is 131 cm³/mol. The van der Waals surface area contributed by atoms with Gasteiger partial charge >= 0.3 is 0 Å². The number of aliphatic hydroxyl groups excluding tert-OH is 1. The van der Waals surface area contributed by atoms with Gasteiger partial charge in [0.15, 0.2) is 0 Å². The van der Waals surface area contributed by atoms with E-state index in [0.29, 0.717) is 0 Å². The molecule has 3 aromatic carbocycles. The predicted octanol–water partition coefficient (Wildman–Crippen LogP) is 5.30. The number of piperidine rings is 1. The zero-order chi connectivity index (χ0) is 22.3. The fourth-order valence-electron chi connectivity index (χ4n) is 4.33. The van der Waals surface area contributed by atoms with Gasteiger partial charge in [0.05, 0.1) is 6.10 Å². The Morgan fingerprint density at radius 3 is 2.47 bits per heavy atom. The van der Waals surface area contributed by atoms with Gasteiger partial charge in [-0.2, -0.15) is 0 Å². The molecule has 1 N–H and O–H groups in total. The Labute approximate surface area is 191 Å². The van der Waals surface area contributed by atoms with Gasteiger partial charge in [-0.05, 0) is 73.3 Å². The van der Waals surface area contributed by atoms with Crippen LogP contribution in [0.2, 0.25) is 0 Å². The van der Waals surface area contributed by atoms with Crippen LogP contribution in [0.4, 0.5) is 0 Å². The topological polar surface area (TPSA) is 41.9 Å². The van der Waals surface area contributed by atoms with E-state index < -0.39 is 6.10 Å². The number of benzene rings is 3. The summed E-state index contributed by atoms with van der Waals surface area (Å²) in [7, 11) is 0. The summed E-state index contributed by atoms with van der Waals surface area (Å²) < 4.78 is 11.9. The molecule has 170 valence electrons. The lowest BCUT2D eigenvalue weighted by Crippen LogP contribution is -2.35. The third kappa shape index (κ3) is 6.02. The Kier molecular flexibility index (Phi) is 7.67. The third-order valence-corrected chi connectivity index (χ3v) is 6.33. The highest BCUT2D eigenvalue weighted by atomic mass is 16.5. The first kappa shape index (κ1) is 22.6. The van der Waals surface area contributed by atoms with Crippen LogP contribution in [-0.4, -0.2) is 49.0 Å². The lowest BCUT2D eigenvalue weighted by molar-refractivity contribution is 0.122. The highest BCUT2D eigenvalue weighted by Crippen LogP contribution is 2.31. The van der Waals surface area contributed by atoms with E-state index in [-0.39, 0.29) is 6.61 Å². The summed E-state index contributed by atoms with van der Waals surface area (Å²) in [5, 5.41) is 12.0. The zero-order valence-corrected chi connectivity index (χ0v) is 19.3. The molecular formula is C28H35NO3. The Bertz CT molecular complexity index is 991. The van der Waals surface area contributed by atoms with Gasteiger partial charge in [-0.1, -0.05) is 49.4 Å². The molecule has 1 fully saturated rings. The van der Waals surface area contributed by atoms with E-state index >= 15 is 0 Å². The number of aliphatic hydroxyl groups is 1. The second kappa shape index (κ2) is 10.8. The molecule has 4 nitrogen and oxygen atoms in total. The van der Waals surface area contributed by atoms with Crippen LogP contribution in [0.15, 0.2) is 60.7 Å². The average Bonchev–Trinajstić information content (AvgIpc) is 2.81. The largest absolute Gasteiger partial charge is 0.492 e. The van der Waals surface area contributed by atoms with E-state index in [1.807, 2.05) is 6.07 Å². The van der Waals surface area contributed by atoms with Crippen molar-refractivity contribution < 1.29 is 14.6 Å². The van der Waals surface area contributed by atoms with Gasteiger partial charge in [-0.15, -0.1) is 0 Å². The van der Waals surface area contributed by atoms with Gasteiger partial charge in [-0.3, -0.25) is 4.90 Å². The van der Waals surface area contributed by atoms with Crippen LogP contribution in [-0.2, 0) is 6.42 Å². The molecule has 0 spiro atoms. The molecule has 1 heterocycles. The van der Waals surface area contributed by atoms with Crippen molar-refractivity contribution in [3.63, 3.8) is 0 Å². The second-order valence-electron chi connectivity index (χ2n) is 9.12. The highest BCUT2D eigenvalue weighted by Gasteiger charge is 2.15. The van der Waals surface area contributed by atoms with Crippen molar-refractivity contribution in [3.05, 3.63) is 71.8 Å². The Morgan fingerprint density at radius 1 is 0.969 bits per heavy atom. The fraction of sp³-hybridized carbons (Fsp3) is 0.429. The van der Waals surface area contributed by atoms with Crippen molar-refractivity contribution in [1.82, 2.24) is 4.90 Å². The maximum absolute atomic E-state index is 9.66. The molecule has 0 saturated carbocycles. The highest BCUT2D eigenvalue weighted by molar-refractivity contribution is 5.88. The Morgan fingerprint density at radius 2 is 1.72 bits per heavy atom. The summed E-state index contributed by atoms with van der Waals surface area (Å²) in [5.74, 6) is 2.61. The molecule has 0 bridgehead atoms. The second-order valence-corrected chi connectivity index (χ2v) is 9.12. The minimum Gasteiger partial charge on any atom is -0.492 e. The van der Waals surface area contributed by atoms with Gasteiger partial charge in [0.25, 0.3) is 0 Å². The lowest BCUT2D eigenvalue weighted by Gasteiger charge is -2.29. The van der Waals surface area contributed by atoms with Crippen LogP contribution in [0.1, 0.15) is 37.8 Å². The van der Waals surface area contributed by atoms with Crippen LogP contribution in [0, 0.1) is 5.92 Å². The molecule has 0 aliphatic carbocycles. The van der Waals surface area contributed by atoms with Crippen LogP contribution in [0.25, 0.3) is 10.8 Å². The first-order valence-electron chi connectivity index (χ1n) is 11.8. The maximum atomic E-state index is 9.66. The zero-order valence-electron chi connectivity index (χ0n) is 19.3.